The number of benzene rings is 1. The highest BCUT2D eigenvalue weighted by Crippen LogP contribution is 2.35. The molecule has 1 aromatic carbocycles. The van der Waals surface area contributed by atoms with Crippen molar-refractivity contribution in [2.24, 2.45) is 0 Å². The topological polar surface area (TPSA) is 17.1 Å². The van der Waals surface area contributed by atoms with Crippen LogP contribution in [-0.4, -0.2) is 5.78 Å². The number of allylic oxidation sites excluding steroid dienone is 2. The lowest BCUT2D eigenvalue weighted by Gasteiger charge is -2.12. The average Bonchev–Trinajstić information content (AvgIpc) is 2.80. The van der Waals surface area contributed by atoms with Gasteiger partial charge in [-0.1, -0.05) is 22.0 Å². The van der Waals surface area contributed by atoms with Crippen LogP contribution in [0, 0.1) is 0 Å². The Morgan fingerprint density at radius 2 is 2.00 bits per heavy atom. The summed E-state index contributed by atoms with van der Waals surface area (Å²) in [6, 6.07) is 3.63. The van der Waals surface area contributed by atoms with Crippen molar-refractivity contribution in [3.8, 4) is 0 Å². The summed E-state index contributed by atoms with van der Waals surface area (Å²) in [6.07, 6.45) is -0.636. The molecule has 96 valence electrons. The first kappa shape index (κ1) is 13.3. The van der Waals surface area contributed by atoms with Gasteiger partial charge in [-0.3, -0.25) is 4.79 Å². The van der Waals surface area contributed by atoms with Crippen LogP contribution in [0.25, 0.3) is 0 Å². The summed E-state index contributed by atoms with van der Waals surface area (Å²) in [6.45, 7) is 0. The monoisotopic (exact) mass is 318 g/mol. The summed E-state index contributed by atoms with van der Waals surface area (Å²) in [4.78, 5) is 12.0. The van der Waals surface area contributed by atoms with Crippen molar-refractivity contribution in [2.75, 3.05) is 0 Å². The zero-order valence-corrected chi connectivity index (χ0v) is 10.9. The van der Waals surface area contributed by atoms with E-state index in [1.165, 1.54) is 12.1 Å². The minimum Gasteiger partial charge on any atom is -0.289 e. The largest absolute Gasteiger partial charge is 0.417 e. The molecule has 0 heterocycles. The molecule has 5 heteroatoms. The van der Waals surface area contributed by atoms with Gasteiger partial charge < -0.3 is 0 Å². The van der Waals surface area contributed by atoms with Gasteiger partial charge in [-0.15, -0.1) is 0 Å². The molecule has 1 nitrogen and oxygen atoms in total. The lowest BCUT2D eigenvalue weighted by molar-refractivity contribution is -0.137. The van der Waals surface area contributed by atoms with E-state index in [9.17, 15) is 18.0 Å². The second-order valence-corrected chi connectivity index (χ2v) is 5.05. The Morgan fingerprint density at radius 3 is 2.56 bits per heavy atom. The fourth-order valence-electron chi connectivity index (χ4n) is 2.00. The number of halogens is 4. The van der Waals surface area contributed by atoms with Crippen LogP contribution in [0.1, 0.15) is 35.2 Å². The summed E-state index contributed by atoms with van der Waals surface area (Å²) in [5.74, 6) is -0.507. The molecule has 0 spiro atoms. The fourth-order valence-corrected chi connectivity index (χ4v) is 2.36. The van der Waals surface area contributed by atoms with Gasteiger partial charge in [0, 0.05) is 10.0 Å². The number of alkyl halides is 3. The number of rotatable bonds is 2. The molecule has 0 aromatic heterocycles. The molecule has 0 atom stereocenters. The molecule has 1 aliphatic rings. The number of carbonyl (C=O) groups is 1. The van der Waals surface area contributed by atoms with Crippen LogP contribution in [0.4, 0.5) is 13.2 Å². The van der Waals surface area contributed by atoms with Crippen LogP contribution >= 0.6 is 15.9 Å². The highest BCUT2D eigenvalue weighted by Gasteiger charge is 2.36. The van der Waals surface area contributed by atoms with E-state index >= 15 is 0 Å². The standard InChI is InChI=1S/C13H10BrF3O/c14-9-5-6-10(11(7-9)13(15,16)17)12(18)8-3-1-2-4-8/h3,5-7H,1-2,4H2. The Balaban J connectivity index is 2.47. The first-order chi connectivity index (χ1) is 8.39. The smallest absolute Gasteiger partial charge is 0.289 e. The second-order valence-electron chi connectivity index (χ2n) is 4.14. The average molecular weight is 319 g/mol. The van der Waals surface area contributed by atoms with E-state index in [-0.39, 0.29) is 5.56 Å². The van der Waals surface area contributed by atoms with E-state index in [1.807, 2.05) is 0 Å². The Kier molecular flexibility index (Phi) is 3.61. The molecule has 1 aliphatic carbocycles. The molecule has 0 fully saturated rings. The van der Waals surface area contributed by atoms with E-state index in [1.54, 1.807) is 6.08 Å². The van der Waals surface area contributed by atoms with E-state index < -0.39 is 17.5 Å². The molecule has 0 N–H and O–H groups in total. The number of ketones is 1. The van der Waals surface area contributed by atoms with E-state index in [4.69, 9.17) is 0 Å². The van der Waals surface area contributed by atoms with Crippen molar-refractivity contribution in [1.29, 1.82) is 0 Å². The van der Waals surface area contributed by atoms with Crippen molar-refractivity contribution in [3.05, 3.63) is 45.4 Å². The maximum Gasteiger partial charge on any atom is 0.417 e. The number of carbonyl (C=O) groups excluding carboxylic acids is 1. The number of hydrogen-bond acceptors (Lipinski definition) is 1. The maximum absolute atomic E-state index is 12.9. The molecule has 0 aliphatic heterocycles. The first-order valence-electron chi connectivity index (χ1n) is 5.50. The molecule has 0 saturated carbocycles. The summed E-state index contributed by atoms with van der Waals surface area (Å²) in [5.41, 5.74) is -0.656. The van der Waals surface area contributed by atoms with Crippen molar-refractivity contribution >= 4 is 21.7 Å². The van der Waals surface area contributed by atoms with Gasteiger partial charge in [0.1, 0.15) is 0 Å². The molecule has 0 bridgehead atoms. The summed E-state index contributed by atoms with van der Waals surface area (Å²) in [5, 5.41) is 0. The molecule has 18 heavy (non-hydrogen) atoms. The molecule has 0 saturated heterocycles. The molecule has 0 amide bonds. The van der Waals surface area contributed by atoms with Gasteiger partial charge >= 0.3 is 6.18 Å². The van der Waals surface area contributed by atoms with Crippen LogP contribution in [0.5, 0.6) is 0 Å². The van der Waals surface area contributed by atoms with Gasteiger partial charge in [-0.2, -0.15) is 13.2 Å². The second kappa shape index (κ2) is 4.88. The fraction of sp³-hybridized carbons (Fsp3) is 0.308. The van der Waals surface area contributed by atoms with Crippen molar-refractivity contribution in [2.45, 2.75) is 25.4 Å². The Bertz CT molecular complexity index is 517. The minimum atomic E-state index is -4.52. The predicted octanol–water partition coefficient (Wildman–Crippen LogP) is 4.76. The zero-order valence-electron chi connectivity index (χ0n) is 9.35. The SMILES string of the molecule is O=C(C1=CCCC1)c1ccc(Br)cc1C(F)(F)F. The quantitative estimate of drug-likeness (QED) is 0.718. The lowest BCUT2D eigenvalue weighted by atomic mass is 9.98. The summed E-state index contributed by atoms with van der Waals surface area (Å²) < 4.78 is 39.0. The Hall–Kier alpha value is -1.10. The molecule has 2 rings (SSSR count). The van der Waals surface area contributed by atoms with Crippen LogP contribution in [0.2, 0.25) is 0 Å². The van der Waals surface area contributed by atoms with Gasteiger partial charge in [-0.05, 0) is 43.0 Å². The van der Waals surface area contributed by atoms with Crippen LogP contribution in [0.3, 0.4) is 0 Å². The Labute approximate surface area is 111 Å². The molecular weight excluding hydrogens is 309 g/mol. The summed E-state index contributed by atoms with van der Waals surface area (Å²) >= 11 is 3.00. The zero-order chi connectivity index (χ0) is 13.3. The van der Waals surface area contributed by atoms with Crippen molar-refractivity contribution < 1.29 is 18.0 Å². The van der Waals surface area contributed by atoms with Gasteiger partial charge in [0.05, 0.1) is 5.56 Å². The van der Waals surface area contributed by atoms with Crippen LogP contribution in [0.15, 0.2) is 34.3 Å². The van der Waals surface area contributed by atoms with Gasteiger partial charge in [-0.25, -0.2) is 0 Å². The van der Waals surface area contributed by atoms with Crippen molar-refractivity contribution in [3.63, 3.8) is 0 Å². The van der Waals surface area contributed by atoms with E-state index in [2.05, 4.69) is 15.9 Å². The number of hydrogen-bond donors (Lipinski definition) is 0. The van der Waals surface area contributed by atoms with E-state index in [0.29, 0.717) is 16.5 Å². The lowest BCUT2D eigenvalue weighted by Crippen LogP contribution is -2.14. The highest BCUT2D eigenvalue weighted by atomic mass is 79.9. The third-order valence-corrected chi connectivity index (χ3v) is 3.36. The minimum absolute atomic E-state index is 0.265. The predicted molar refractivity (Wildman–Crippen MR) is 65.4 cm³/mol. The molecule has 1 aromatic rings. The van der Waals surface area contributed by atoms with E-state index in [0.717, 1.165) is 18.9 Å². The van der Waals surface area contributed by atoms with Crippen LogP contribution in [-0.2, 0) is 6.18 Å². The summed E-state index contributed by atoms with van der Waals surface area (Å²) in [7, 11) is 0. The first-order valence-corrected chi connectivity index (χ1v) is 6.29. The third kappa shape index (κ3) is 2.66. The molecule has 0 unspecified atom stereocenters. The van der Waals surface area contributed by atoms with Gasteiger partial charge in [0.15, 0.2) is 5.78 Å². The molecule has 0 radical (unpaired) electrons. The van der Waals surface area contributed by atoms with Crippen molar-refractivity contribution in [1.82, 2.24) is 0 Å². The van der Waals surface area contributed by atoms with Gasteiger partial charge in [0.2, 0.25) is 0 Å². The third-order valence-electron chi connectivity index (χ3n) is 2.86. The normalized spacial score (nSPS) is 15.7. The van der Waals surface area contributed by atoms with Gasteiger partial charge in [0.25, 0.3) is 0 Å². The Morgan fingerprint density at radius 1 is 1.28 bits per heavy atom. The number of Topliss-reactive ketones (excluding diaryl/α,β-unsaturated/α-hetero) is 1. The van der Waals surface area contributed by atoms with Crippen LogP contribution < -0.4 is 0 Å². The molecular formula is C13H10BrF3O. The highest BCUT2D eigenvalue weighted by molar-refractivity contribution is 9.10. The maximum atomic E-state index is 12.9.